The molecular formula is C19H25N3O2. The zero-order valence-electron chi connectivity index (χ0n) is 13.9. The summed E-state index contributed by atoms with van der Waals surface area (Å²) in [7, 11) is 0. The maximum Gasteiger partial charge on any atom is 0.238 e. The van der Waals surface area contributed by atoms with Gasteiger partial charge in [-0.25, -0.2) is 0 Å². The summed E-state index contributed by atoms with van der Waals surface area (Å²) in [5.74, 6) is -0.0485. The predicted molar refractivity (Wildman–Crippen MR) is 91.0 cm³/mol. The van der Waals surface area contributed by atoms with Crippen molar-refractivity contribution in [3.05, 3.63) is 35.9 Å². The minimum Gasteiger partial charge on any atom is -0.394 e. The van der Waals surface area contributed by atoms with Gasteiger partial charge in [0.15, 0.2) is 0 Å². The Bertz CT molecular complexity index is 605. The molecule has 2 fully saturated rings. The van der Waals surface area contributed by atoms with Crippen molar-refractivity contribution >= 4 is 5.91 Å². The lowest BCUT2D eigenvalue weighted by Crippen LogP contribution is -2.51. The zero-order chi connectivity index (χ0) is 17.0. The van der Waals surface area contributed by atoms with Crippen LogP contribution in [0.4, 0.5) is 0 Å². The highest BCUT2D eigenvalue weighted by molar-refractivity contribution is 5.80. The van der Waals surface area contributed by atoms with Crippen LogP contribution in [-0.2, 0) is 4.79 Å². The number of nitriles is 1. The smallest absolute Gasteiger partial charge is 0.238 e. The minimum absolute atomic E-state index is 0.0289. The van der Waals surface area contributed by atoms with Crippen LogP contribution in [0.5, 0.6) is 0 Å². The molecular weight excluding hydrogens is 302 g/mol. The van der Waals surface area contributed by atoms with Crippen LogP contribution in [0.25, 0.3) is 0 Å². The number of amides is 1. The topological polar surface area (TPSA) is 76.4 Å². The molecule has 128 valence electrons. The van der Waals surface area contributed by atoms with Gasteiger partial charge >= 0.3 is 0 Å². The van der Waals surface area contributed by atoms with E-state index in [9.17, 15) is 15.2 Å². The van der Waals surface area contributed by atoms with Crippen molar-refractivity contribution < 1.29 is 9.90 Å². The Labute approximate surface area is 143 Å². The lowest BCUT2D eigenvalue weighted by Gasteiger charge is -2.32. The van der Waals surface area contributed by atoms with Gasteiger partial charge in [0.1, 0.15) is 6.04 Å². The zero-order valence-corrected chi connectivity index (χ0v) is 13.9. The third kappa shape index (κ3) is 3.31. The Kier molecular flexibility index (Phi) is 5.17. The van der Waals surface area contributed by atoms with Crippen LogP contribution >= 0.6 is 0 Å². The Morgan fingerprint density at radius 1 is 1.29 bits per heavy atom. The van der Waals surface area contributed by atoms with Crippen LogP contribution in [0.3, 0.4) is 0 Å². The molecule has 0 aromatic heterocycles. The van der Waals surface area contributed by atoms with Crippen molar-refractivity contribution in [3.63, 3.8) is 0 Å². The molecule has 24 heavy (non-hydrogen) atoms. The summed E-state index contributed by atoms with van der Waals surface area (Å²) in [5, 5.41) is 22.4. The van der Waals surface area contributed by atoms with Crippen molar-refractivity contribution in [3.8, 4) is 6.07 Å². The molecule has 0 radical (unpaired) electrons. The molecule has 1 aliphatic heterocycles. The number of aliphatic hydroxyl groups is 1. The Hall–Kier alpha value is -1.90. The SMILES string of the molecule is N#C[C@@H]1CC[C@H](c2ccccc2)N1C(=O)CNC1(CO)CCCC1. The maximum absolute atomic E-state index is 12.8. The number of carbonyl (C=O) groups is 1. The first-order valence-electron chi connectivity index (χ1n) is 8.81. The highest BCUT2D eigenvalue weighted by Gasteiger charge is 2.39. The van der Waals surface area contributed by atoms with Gasteiger partial charge in [-0.3, -0.25) is 4.79 Å². The fourth-order valence-corrected chi connectivity index (χ4v) is 4.08. The largest absolute Gasteiger partial charge is 0.394 e. The lowest BCUT2D eigenvalue weighted by atomic mass is 9.99. The number of hydrogen-bond donors (Lipinski definition) is 2. The molecule has 1 saturated heterocycles. The lowest BCUT2D eigenvalue weighted by molar-refractivity contribution is -0.132. The molecule has 1 amide bonds. The van der Waals surface area contributed by atoms with E-state index >= 15 is 0 Å². The van der Waals surface area contributed by atoms with Gasteiger partial charge < -0.3 is 15.3 Å². The van der Waals surface area contributed by atoms with E-state index in [2.05, 4.69) is 11.4 Å². The third-order valence-corrected chi connectivity index (χ3v) is 5.48. The number of likely N-dealkylation sites (tertiary alicyclic amines) is 1. The molecule has 1 aromatic carbocycles. The van der Waals surface area contributed by atoms with Gasteiger partial charge in [-0.2, -0.15) is 5.26 Å². The summed E-state index contributed by atoms with van der Waals surface area (Å²) in [6.07, 6.45) is 5.51. The summed E-state index contributed by atoms with van der Waals surface area (Å²) in [4.78, 5) is 14.6. The molecule has 3 rings (SSSR count). The highest BCUT2D eigenvalue weighted by Crippen LogP contribution is 2.36. The molecule has 5 nitrogen and oxygen atoms in total. The van der Waals surface area contributed by atoms with Crippen LogP contribution < -0.4 is 5.32 Å². The second-order valence-electron chi connectivity index (χ2n) is 6.95. The van der Waals surface area contributed by atoms with Gasteiger partial charge in [0, 0.05) is 5.54 Å². The van der Waals surface area contributed by atoms with Gasteiger partial charge in [0.2, 0.25) is 5.91 Å². The van der Waals surface area contributed by atoms with E-state index in [1.165, 1.54) is 0 Å². The van der Waals surface area contributed by atoms with Gasteiger partial charge in [-0.15, -0.1) is 0 Å². The Morgan fingerprint density at radius 3 is 2.62 bits per heavy atom. The van der Waals surface area contributed by atoms with E-state index in [0.29, 0.717) is 6.42 Å². The van der Waals surface area contributed by atoms with Crippen LogP contribution in [0.15, 0.2) is 30.3 Å². The number of aliphatic hydroxyl groups excluding tert-OH is 1. The van der Waals surface area contributed by atoms with Crippen LogP contribution in [0.2, 0.25) is 0 Å². The van der Waals surface area contributed by atoms with E-state index in [4.69, 9.17) is 0 Å². The van der Waals surface area contributed by atoms with Crippen molar-refractivity contribution in [1.82, 2.24) is 10.2 Å². The van der Waals surface area contributed by atoms with E-state index < -0.39 is 0 Å². The average Bonchev–Trinajstić information content (AvgIpc) is 3.28. The summed E-state index contributed by atoms with van der Waals surface area (Å²) in [6, 6.07) is 11.8. The molecule has 1 aliphatic carbocycles. The maximum atomic E-state index is 12.8. The third-order valence-electron chi connectivity index (χ3n) is 5.48. The molecule has 2 N–H and O–H groups in total. The standard InChI is InChI=1S/C19H25N3O2/c20-12-16-8-9-17(15-6-2-1-3-7-15)22(16)18(24)13-21-19(14-23)10-4-5-11-19/h1-3,6-7,16-17,21,23H,4-5,8-11,13-14H2/t16-,17+/m0/s1. The quantitative estimate of drug-likeness (QED) is 0.869. The second kappa shape index (κ2) is 7.33. The Balaban J connectivity index is 1.71. The molecule has 0 bridgehead atoms. The van der Waals surface area contributed by atoms with Gasteiger partial charge in [-0.1, -0.05) is 43.2 Å². The summed E-state index contributed by atoms with van der Waals surface area (Å²) in [5.41, 5.74) is 0.765. The van der Waals surface area contributed by atoms with Crippen molar-refractivity contribution in [1.29, 1.82) is 5.26 Å². The van der Waals surface area contributed by atoms with E-state index in [-0.39, 0.29) is 36.7 Å². The predicted octanol–water partition coefficient (Wildman–Crippen LogP) is 2.14. The number of carbonyl (C=O) groups excluding carboxylic acids is 1. The number of nitrogens with one attached hydrogen (secondary N) is 1. The number of benzene rings is 1. The van der Waals surface area contributed by atoms with Crippen LogP contribution in [0.1, 0.15) is 50.1 Å². The van der Waals surface area contributed by atoms with Crippen LogP contribution in [-0.4, -0.2) is 40.6 Å². The number of rotatable bonds is 5. The molecule has 2 aliphatic rings. The molecule has 1 saturated carbocycles. The summed E-state index contributed by atoms with van der Waals surface area (Å²) in [6.45, 7) is 0.242. The normalized spacial score (nSPS) is 25.6. The average molecular weight is 327 g/mol. The van der Waals surface area contributed by atoms with E-state index in [0.717, 1.165) is 37.7 Å². The molecule has 1 aromatic rings. The highest BCUT2D eigenvalue weighted by atomic mass is 16.3. The summed E-state index contributed by atoms with van der Waals surface area (Å²) >= 11 is 0. The fourth-order valence-electron chi connectivity index (χ4n) is 4.08. The molecule has 2 atom stereocenters. The molecule has 5 heteroatoms. The first-order valence-corrected chi connectivity index (χ1v) is 8.81. The van der Waals surface area contributed by atoms with Gasteiger partial charge in [-0.05, 0) is 31.2 Å². The minimum atomic E-state index is -0.363. The first-order chi connectivity index (χ1) is 11.7. The van der Waals surface area contributed by atoms with E-state index in [1.807, 2.05) is 30.3 Å². The van der Waals surface area contributed by atoms with E-state index in [1.54, 1.807) is 4.90 Å². The van der Waals surface area contributed by atoms with Crippen molar-refractivity contribution in [2.75, 3.05) is 13.2 Å². The number of hydrogen-bond acceptors (Lipinski definition) is 4. The van der Waals surface area contributed by atoms with Crippen molar-refractivity contribution in [2.45, 2.75) is 56.1 Å². The molecule has 0 spiro atoms. The fraction of sp³-hybridized carbons (Fsp3) is 0.579. The molecule has 1 heterocycles. The van der Waals surface area contributed by atoms with Gasteiger partial charge in [0.25, 0.3) is 0 Å². The van der Waals surface area contributed by atoms with Crippen molar-refractivity contribution in [2.24, 2.45) is 0 Å². The second-order valence-corrected chi connectivity index (χ2v) is 6.95. The molecule has 0 unspecified atom stereocenters. The first kappa shape index (κ1) is 16.9. The number of nitrogens with zero attached hydrogens (tertiary/aromatic N) is 2. The summed E-state index contributed by atoms with van der Waals surface area (Å²) < 4.78 is 0. The monoisotopic (exact) mass is 327 g/mol. The Morgan fingerprint density at radius 2 is 2.00 bits per heavy atom. The van der Waals surface area contributed by atoms with Gasteiger partial charge in [0.05, 0.1) is 25.3 Å². The van der Waals surface area contributed by atoms with Crippen LogP contribution in [0, 0.1) is 11.3 Å².